The summed E-state index contributed by atoms with van der Waals surface area (Å²) in [5.41, 5.74) is 2.75. The summed E-state index contributed by atoms with van der Waals surface area (Å²) < 4.78 is 33.3. The summed E-state index contributed by atoms with van der Waals surface area (Å²) in [5, 5.41) is 4.60. The van der Waals surface area contributed by atoms with Gasteiger partial charge in [0.15, 0.2) is 5.76 Å². The fourth-order valence-electron chi connectivity index (χ4n) is 2.55. The highest BCUT2D eigenvalue weighted by molar-refractivity contribution is 7.89. The lowest BCUT2D eigenvalue weighted by Crippen LogP contribution is -2.26. The SMILES string of the molecule is Cc1noc(-c2cc(S(=O)(=O)NCCc3ccc(Cl)cc3)c(C)s2)c1C. The predicted octanol–water partition coefficient (Wildman–Crippen LogP) is 4.50. The number of hydrogen-bond acceptors (Lipinski definition) is 5. The lowest BCUT2D eigenvalue weighted by atomic mass is 10.2. The second-order valence-corrected chi connectivity index (χ2v) is 9.46. The van der Waals surface area contributed by atoms with E-state index in [2.05, 4.69) is 9.88 Å². The van der Waals surface area contributed by atoms with Crippen molar-refractivity contribution in [3.8, 4) is 10.6 Å². The molecule has 0 aliphatic carbocycles. The number of hydrogen-bond donors (Lipinski definition) is 1. The van der Waals surface area contributed by atoms with Crippen LogP contribution < -0.4 is 4.72 Å². The highest BCUT2D eigenvalue weighted by atomic mass is 35.5. The Morgan fingerprint density at radius 2 is 1.88 bits per heavy atom. The van der Waals surface area contributed by atoms with E-state index < -0.39 is 10.0 Å². The zero-order valence-electron chi connectivity index (χ0n) is 14.7. The van der Waals surface area contributed by atoms with Gasteiger partial charge >= 0.3 is 0 Å². The smallest absolute Gasteiger partial charge is 0.241 e. The predicted molar refractivity (Wildman–Crippen MR) is 104 cm³/mol. The summed E-state index contributed by atoms with van der Waals surface area (Å²) in [6.07, 6.45) is 0.590. The molecule has 2 heterocycles. The van der Waals surface area contributed by atoms with E-state index in [9.17, 15) is 8.42 Å². The fourth-order valence-corrected chi connectivity index (χ4v) is 5.33. The van der Waals surface area contributed by atoms with Crippen LogP contribution in [0.15, 0.2) is 39.8 Å². The van der Waals surface area contributed by atoms with E-state index in [1.54, 1.807) is 25.1 Å². The van der Waals surface area contributed by atoms with E-state index in [0.29, 0.717) is 28.6 Å². The maximum atomic E-state index is 12.7. The standard InChI is InChI=1S/C18H19ClN2O3S2/c1-11-12(2)21-24-18(11)16-10-17(13(3)25-16)26(22,23)20-9-8-14-4-6-15(19)7-5-14/h4-7,10,20H,8-9H2,1-3H3. The zero-order chi connectivity index (χ0) is 18.9. The molecule has 0 aliphatic rings. The number of halogens is 1. The zero-order valence-corrected chi connectivity index (χ0v) is 17.1. The van der Waals surface area contributed by atoms with Crippen molar-refractivity contribution in [1.82, 2.24) is 9.88 Å². The summed E-state index contributed by atoms with van der Waals surface area (Å²) in [6, 6.07) is 9.02. The Morgan fingerprint density at radius 3 is 2.50 bits per heavy atom. The minimum atomic E-state index is -3.59. The van der Waals surface area contributed by atoms with Crippen molar-refractivity contribution in [3.05, 3.63) is 57.1 Å². The van der Waals surface area contributed by atoms with Crippen molar-refractivity contribution < 1.29 is 12.9 Å². The molecule has 0 unspecified atom stereocenters. The summed E-state index contributed by atoms with van der Waals surface area (Å²) in [5.74, 6) is 0.623. The first-order valence-electron chi connectivity index (χ1n) is 8.05. The van der Waals surface area contributed by atoms with Gasteiger partial charge in [-0.25, -0.2) is 13.1 Å². The van der Waals surface area contributed by atoms with Gasteiger partial charge in [0.25, 0.3) is 0 Å². The van der Waals surface area contributed by atoms with Gasteiger partial charge in [-0.15, -0.1) is 11.3 Å². The molecule has 0 spiro atoms. The van der Waals surface area contributed by atoms with Crippen LogP contribution in [0.3, 0.4) is 0 Å². The summed E-state index contributed by atoms with van der Waals surface area (Å²) in [6.45, 7) is 5.88. The first-order valence-corrected chi connectivity index (χ1v) is 10.7. The molecule has 26 heavy (non-hydrogen) atoms. The topological polar surface area (TPSA) is 72.2 Å². The highest BCUT2D eigenvalue weighted by Crippen LogP contribution is 2.35. The van der Waals surface area contributed by atoms with Gasteiger partial charge in [0, 0.05) is 22.0 Å². The second-order valence-electron chi connectivity index (χ2n) is 6.03. The molecule has 1 N–H and O–H groups in total. The van der Waals surface area contributed by atoms with Gasteiger partial charge in [0.2, 0.25) is 10.0 Å². The summed E-state index contributed by atoms with van der Waals surface area (Å²) >= 11 is 7.24. The molecule has 0 radical (unpaired) electrons. The van der Waals surface area contributed by atoms with Crippen LogP contribution in [-0.2, 0) is 16.4 Å². The average molecular weight is 411 g/mol. The number of aromatic nitrogens is 1. The fraction of sp³-hybridized carbons (Fsp3) is 0.278. The Hall–Kier alpha value is -1.67. The first-order chi connectivity index (χ1) is 12.3. The third kappa shape index (κ3) is 4.01. The van der Waals surface area contributed by atoms with E-state index in [-0.39, 0.29) is 4.90 Å². The minimum Gasteiger partial charge on any atom is -0.355 e. The third-order valence-electron chi connectivity index (χ3n) is 4.16. The minimum absolute atomic E-state index is 0.280. The Kier molecular flexibility index (Phi) is 5.53. The van der Waals surface area contributed by atoms with Crippen LogP contribution >= 0.6 is 22.9 Å². The molecule has 5 nitrogen and oxygen atoms in total. The van der Waals surface area contributed by atoms with Crippen LogP contribution in [0.5, 0.6) is 0 Å². The largest absolute Gasteiger partial charge is 0.355 e. The molecule has 3 rings (SSSR count). The number of sulfonamides is 1. The van der Waals surface area contributed by atoms with Crippen molar-refractivity contribution in [2.75, 3.05) is 6.54 Å². The highest BCUT2D eigenvalue weighted by Gasteiger charge is 2.22. The number of aryl methyl sites for hydroxylation is 2. The molecule has 2 aromatic heterocycles. The van der Waals surface area contributed by atoms with Crippen LogP contribution in [0.2, 0.25) is 5.02 Å². The van der Waals surface area contributed by atoms with Gasteiger partial charge in [-0.05, 0) is 51.0 Å². The van der Waals surface area contributed by atoms with Crippen LogP contribution in [-0.4, -0.2) is 20.1 Å². The molecule has 0 atom stereocenters. The van der Waals surface area contributed by atoms with Gasteiger partial charge < -0.3 is 4.52 Å². The second kappa shape index (κ2) is 7.52. The number of nitrogens with one attached hydrogen (secondary N) is 1. The molecule has 1 aromatic carbocycles. The summed E-state index contributed by atoms with van der Waals surface area (Å²) in [4.78, 5) is 1.76. The molecule has 138 valence electrons. The maximum absolute atomic E-state index is 12.7. The van der Waals surface area contributed by atoms with Gasteiger partial charge in [-0.3, -0.25) is 0 Å². The Balaban J connectivity index is 1.75. The lowest BCUT2D eigenvalue weighted by Gasteiger charge is -2.06. The van der Waals surface area contributed by atoms with Crippen molar-refractivity contribution in [3.63, 3.8) is 0 Å². The van der Waals surface area contributed by atoms with E-state index in [1.165, 1.54) is 11.3 Å². The molecule has 0 saturated carbocycles. The van der Waals surface area contributed by atoms with Gasteiger partial charge in [-0.1, -0.05) is 28.9 Å². The van der Waals surface area contributed by atoms with Gasteiger partial charge in [0.1, 0.15) is 0 Å². The van der Waals surface area contributed by atoms with E-state index in [0.717, 1.165) is 21.7 Å². The normalized spacial score (nSPS) is 11.8. The monoisotopic (exact) mass is 410 g/mol. The van der Waals surface area contributed by atoms with E-state index in [1.807, 2.05) is 26.0 Å². The first kappa shape index (κ1) is 19.1. The molecule has 0 amide bonds. The quantitative estimate of drug-likeness (QED) is 0.649. The van der Waals surface area contributed by atoms with Gasteiger partial charge in [0.05, 0.1) is 15.5 Å². The van der Waals surface area contributed by atoms with Crippen molar-refractivity contribution >= 4 is 33.0 Å². The van der Waals surface area contributed by atoms with Crippen LogP contribution in [0, 0.1) is 20.8 Å². The number of nitrogens with zero attached hydrogens (tertiary/aromatic N) is 1. The van der Waals surface area contributed by atoms with E-state index >= 15 is 0 Å². The summed E-state index contributed by atoms with van der Waals surface area (Å²) in [7, 11) is -3.59. The Labute approximate surface area is 162 Å². The van der Waals surface area contributed by atoms with Crippen LogP contribution in [0.4, 0.5) is 0 Å². The number of thiophene rings is 1. The van der Waals surface area contributed by atoms with E-state index in [4.69, 9.17) is 16.1 Å². The van der Waals surface area contributed by atoms with Crippen LogP contribution in [0.1, 0.15) is 21.7 Å². The molecule has 3 aromatic rings. The maximum Gasteiger partial charge on any atom is 0.241 e. The Bertz CT molecular complexity index is 1020. The molecule has 0 fully saturated rings. The molecule has 8 heteroatoms. The number of rotatable bonds is 6. The molecular formula is C18H19ClN2O3S2. The van der Waals surface area contributed by atoms with Gasteiger partial charge in [-0.2, -0.15) is 0 Å². The average Bonchev–Trinajstić information content (AvgIpc) is 3.13. The van der Waals surface area contributed by atoms with Crippen molar-refractivity contribution in [2.45, 2.75) is 32.1 Å². The number of benzene rings is 1. The molecule has 0 bridgehead atoms. The third-order valence-corrected chi connectivity index (χ3v) is 7.18. The lowest BCUT2D eigenvalue weighted by molar-refractivity contribution is 0.427. The molecular weight excluding hydrogens is 392 g/mol. The molecule has 0 saturated heterocycles. The Morgan fingerprint density at radius 1 is 1.19 bits per heavy atom. The van der Waals surface area contributed by atoms with Crippen LogP contribution in [0.25, 0.3) is 10.6 Å². The molecule has 0 aliphatic heterocycles. The van der Waals surface area contributed by atoms with Crippen molar-refractivity contribution in [2.24, 2.45) is 0 Å². The van der Waals surface area contributed by atoms with Crippen molar-refractivity contribution in [1.29, 1.82) is 0 Å².